The highest BCUT2D eigenvalue weighted by molar-refractivity contribution is 7.94. The van der Waals surface area contributed by atoms with Crippen LogP contribution in [0, 0.1) is 11.6 Å². The summed E-state index contributed by atoms with van der Waals surface area (Å²) in [5.41, 5.74) is -0.155. The predicted molar refractivity (Wildman–Crippen MR) is 70.9 cm³/mol. The number of rotatable bonds is 4. The summed E-state index contributed by atoms with van der Waals surface area (Å²) in [6, 6.07) is 5.88. The molecule has 0 bridgehead atoms. The van der Waals surface area contributed by atoms with Crippen molar-refractivity contribution in [1.29, 1.82) is 0 Å². The topological polar surface area (TPSA) is 37.4 Å². The maximum Gasteiger partial charge on any atom is 0.273 e. The Hall–Kier alpha value is -1.47. The van der Waals surface area contributed by atoms with Crippen molar-refractivity contribution in [2.24, 2.45) is 0 Å². The number of benzene rings is 1. The van der Waals surface area contributed by atoms with E-state index in [1.807, 2.05) is 0 Å². The van der Waals surface area contributed by atoms with Crippen LogP contribution in [0.3, 0.4) is 0 Å². The third kappa shape index (κ3) is 2.62. The Morgan fingerprint density at radius 1 is 1.26 bits per heavy atom. The molecule has 3 nitrogen and oxygen atoms in total. The highest BCUT2D eigenvalue weighted by Gasteiger charge is 2.26. The molecule has 0 radical (unpaired) electrons. The van der Waals surface area contributed by atoms with Crippen molar-refractivity contribution in [1.82, 2.24) is 0 Å². The van der Waals surface area contributed by atoms with E-state index in [9.17, 15) is 17.2 Å². The van der Waals surface area contributed by atoms with Gasteiger partial charge in [0.25, 0.3) is 10.0 Å². The number of sulfonamides is 1. The van der Waals surface area contributed by atoms with Crippen LogP contribution < -0.4 is 4.31 Å². The minimum Gasteiger partial charge on any atom is -0.263 e. The molecule has 1 aromatic heterocycles. The fraction of sp³-hybridized carbons (Fsp3) is 0.167. The molecule has 0 unspecified atom stereocenters. The number of nitrogens with zero attached hydrogens (tertiary/aromatic N) is 1. The van der Waals surface area contributed by atoms with E-state index in [2.05, 4.69) is 0 Å². The molecule has 0 spiro atoms. The van der Waals surface area contributed by atoms with Gasteiger partial charge in [0.1, 0.15) is 15.8 Å². The molecular weight excluding hydrogens is 292 g/mol. The second kappa shape index (κ2) is 5.26. The first-order valence-electron chi connectivity index (χ1n) is 5.48. The Kier molecular flexibility index (Phi) is 3.86. The maximum absolute atomic E-state index is 13.7. The van der Waals surface area contributed by atoms with Crippen LogP contribution in [-0.2, 0) is 10.0 Å². The molecule has 7 heteroatoms. The number of halogens is 2. The third-order valence-corrected chi connectivity index (χ3v) is 5.77. The predicted octanol–water partition coefficient (Wildman–Crippen LogP) is 3.24. The van der Waals surface area contributed by atoms with Crippen LogP contribution in [0.2, 0.25) is 0 Å². The zero-order valence-electron chi connectivity index (χ0n) is 10.0. The lowest BCUT2D eigenvalue weighted by Gasteiger charge is -2.22. The van der Waals surface area contributed by atoms with E-state index >= 15 is 0 Å². The summed E-state index contributed by atoms with van der Waals surface area (Å²) in [5, 5.41) is 1.63. The molecule has 19 heavy (non-hydrogen) atoms. The summed E-state index contributed by atoms with van der Waals surface area (Å²) in [6.07, 6.45) is 0. The van der Waals surface area contributed by atoms with E-state index in [4.69, 9.17) is 0 Å². The minimum absolute atomic E-state index is 0.0583. The van der Waals surface area contributed by atoms with Crippen LogP contribution in [0.5, 0.6) is 0 Å². The van der Waals surface area contributed by atoms with Gasteiger partial charge < -0.3 is 0 Å². The van der Waals surface area contributed by atoms with Crippen LogP contribution in [-0.4, -0.2) is 15.0 Å². The molecular formula is C12H11F2NO2S2. The number of hydrogen-bond acceptors (Lipinski definition) is 3. The Balaban J connectivity index is 2.51. The van der Waals surface area contributed by atoms with Gasteiger partial charge in [0, 0.05) is 12.6 Å². The molecule has 0 amide bonds. The molecule has 1 aromatic carbocycles. The van der Waals surface area contributed by atoms with Gasteiger partial charge in [-0.15, -0.1) is 11.3 Å². The summed E-state index contributed by atoms with van der Waals surface area (Å²) in [5.74, 6) is -1.65. The Morgan fingerprint density at radius 2 is 2.00 bits per heavy atom. The van der Waals surface area contributed by atoms with Gasteiger partial charge >= 0.3 is 0 Å². The van der Waals surface area contributed by atoms with Crippen LogP contribution in [0.4, 0.5) is 14.5 Å². The lowest BCUT2D eigenvalue weighted by molar-refractivity contribution is 0.575. The zero-order valence-corrected chi connectivity index (χ0v) is 11.6. The average molecular weight is 303 g/mol. The summed E-state index contributed by atoms with van der Waals surface area (Å²) in [7, 11) is -3.81. The Bertz CT molecular complexity index is 669. The molecule has 2 aromatic rings. The second-order valence-corrected chi connectivity index (χ2v) is 6.73. The Morgan fingerprint density at radius 3 is 2.53 bits per heavy atom. The Labute approximate surface area is 114 Å². The number of thiophene rings is 1. The molecule has 0 aliphatic carbocycles. The molecule has 0 aliphatic heterocycles. The fourth-order valence-corrected chi connectivity index (χ4v) is 4.26. The van der Waals surface area contributed by atoms with Gasteiger partial charge in [0.2, 0.25) is 0 Å². The van der Waals surface area contributed by atoms with Gasteiger partial charge in [-0.2, -0.15) is 0 Å². The summed E-state index contributed by atoms with van der Waals surface area (Å²) in [6.45, 7) is 1.65. The summed E-state index contributed by atoms with van der Waals surface area (Å²) >= 11 is 1.05. The molecule has 0 aliphatic rings. The molecule has 2 rings (SSSR count). The monoisotopic (exact) mass is 303 g/mol. The van der Waals surface area contributed by atoms with Crippen LogP contribution in [0.15, 0.2) is 39.9 Å². The van der Waals surface area contributed by atoms with Gasteiger partial charge in [-0.25, -0.2) is 17.2 Å². The van der Waals surface area contributed by atoms with Crippen molar-refractivity contribution in [3.63, 3.8) is 0 Å². The molecule has 0 saturated heterocycles. The van der Waals surface area contributed by atoms with Gasteiger partial charge in [-0.3, -0.25) is 4.31 Å². The molecule has 0 N–H and O–H groups in total. The van der Waals surface area contributed by atoms with E-state index in [-0.39, 0.29) is 16.4 Å². The van der Waals surface area contributed by atoms with E-state index < -0.39 is 21.7 Å². The molecule has 102 valence electrons. The van der Waals surface area contributed by atoms with Crippen LogP contribution in [0.1, 0.15) is 6.92 Å². The highest BCUT2D eigenvalue weighted by Crippen LogP contribution is 2.28. The number of hydrogen-bond donors (Lipinski definition) is 0. The molecule has 0 fully saturated rings. The van der Waals surface area contributed by atoms with E-state index in [1.165, 1.54) is 6.07 Å². The highest BCUT2D eigenvalue weighted by atomic mass is 32.2. The van der Waals surface area contributed by atoms with Gasteiger partial charge in [-0.1, -0.05) is 6.07 Å². The number of anilines is 1. The van der Waals surface area contributed by atoms with Gasteiger partial charge in [0.15, 0.2) is 0 Å². The first kappa shape index (κ1) is 14.0. The summed E-state index contributed by atoms with van der Waals surface area (Å²) < 4.78 is 52.3. The first-order valence-corrected chi connectivity index (χ1v) is 7.80. The van der Waals surface area contributed by atoms with Gasteiger partial charge in [0.05, 0.1) is 5.69 Å². The van der Waals surface area contributed by atoms with Crippen LogP contribution >= 0.6 is 11.3 Å². The maximum atomic E-state index is 13.7. The van der Waals surface area contributed by atoms with Crippen LogP contribution in [0.25, 0.3) is 0 Å². The molecule has 0 saturated carbocycles. The van der Waals surface area contributed by atoms with Gasteiger partial charge in [-0.05, 0) is 30.5 Å². The first-order chi connectivity index (χ1) is 8.96. The van der Waals surface area contributed by atoms with Crippen molar-refractivity contribution < 1.29 is 17.2 Å². The molecule has 0 atom stereocenters. The quantitative estimate of drug-likeness (QED) is 0.869. The standard InChI is InChI=1S/C12H11F2NO2S2/c1-2-15(11-6-5-9(13)8-10(11)14)19(16,17)12-4-3-7-18-12/h3-8H,2H2,1H3. The summed E-state index contributed by atoms with van der Waals surface area (Å²) in [4.78, 5) is 0. The zero-order chi connectivity index (χ0) is 14.0. The van der Waals surface area contributed by atoms with E-state index in [0.29, 0.717) is 6.07 Å². The lowest BCUT2D eigenvalue weighted by Crippen LogP contribution is -2.31. The third-order valence-electron chi connectivity index (χ3n) is 2.51. The second-order valence-electron chi connectivity index (χ2n) is 3.70. The molecule has 1 heterocycles. The largest absolute Gasteiger partial charge is 0.273 e. The van der Waals surface area contributed by atoms with Crippen molar-refractivity contribution in [3.8, 4) is 0 Å². The lowest BCUT2D eigenvalue weighted by atomic mass is 10.3. The smallest absolute Gasteiger partial charge is 0.263 e. The average Bonchev–Trinajstić information content (AvgIpc) is 2.87. The van der Waals surface area contributed by atoms with E-state index in [0.717, 1.165) is 27.8 Å². The van der Waals surface area contributed by atoms with Crippen molar-refractivity contribution in [2.45, 2.75) is 11.1 Å². The SMILES string of the molecule is CCN(c1ccc(F)cc1F)S(=O)(=O)c1cccs1. The van der Waals surface area contributed by atoms with Crippen molar-refractivity contribution >= 4 is 27.0 Å². The van der Waals surface area contributed by atoms with E-state index in [1.54, 1.807) is 18.4 Å². The fourth-order valence-electron chi connectivity index (χ4n) is 1.67. The van der Waals surface area contributed by atoms with Crippen molar-refractivity contribution in [2.75, 3.05) is 10.8 Å². The minimum atomic E-state index is -3.81. The van der Waals surface area contributed by atoms with Crippen molar-refractivity contribution in [3.05, 3.63) is 47.3 Å². The normalized spacial score (nSPS) is 11.5.